The van der Waals surface area contributed by atoms with Crippen molar-refractivity contribution in [2.75, 3.05) is 13.1 Å². The summed E-state index contributed by atoms with van der Waals surface area (Å²) in [6.45, 7) is 3.58. The smallest absolute Gasteiger partial charge is 0.167 e. The SMILES string of the molecule is Cc1nc2c(C3=NCCN3)ccc(-c3ccncc3)n2n1. The van der Waals surface area contributed by atoms with Gasteiger partial charge in [-0.05, 0) is 31.2 Å². The Balaban J connectivity index is 1.97. The molecule has 6 nitrogen and oxygen atoms in total. The Hall–Kier alpha value is -2.76. The van der Waals surface area contributed by atoms with Crippen LogP contribution in [0.1, 0.15) is 11.4 Å². The molecular formula is C15H14N6. The molecule has 0 atom stereocenters. The summed E-state index contributed by atoms with van der Waals surface area (Å²) in [6, 6.07) is 8.04. The molecule has 0 fully saturated rings. The lowest BCUT2D eigenvalue weighted by molar-refractivity contribution is 0.935. The Morgan fingerprint density at radius 1 is 1.14 bits per heavy atom. The predicted octanol–water partition coefficient (Wildman–Crippen LogP) is 1.45. The normalized spacial score (nSPS) is 14.2. The number of amidine groups is 1. The Labute approximate surface area is 121 Å². The van der Waals surface area contributed by atoms with Gasteiger partial charge in [-0.2, -0.15) is 5.10 Å². The first-order valence-corrected chi connectivity index (χ1v) is 6.88. The quantitative estimate of drug-likeness (QED) is 0.770. The van der Waals surface area contributed by atoms with Gasteiger partial charge in [-0.1, -0.05) is 0 Å². The molecule has 0 saturated carbocycles. The maximum absolute atomic E-state index is 4.56. The van der Waals surface area contributed by atoms with E-state index in [2.05, 4.69) is 31.4 Å². The van der Waals surface area contributed by atoms with Crippen LogP contribution in [-0.4, -0.2) is 38.5 Å². The number of rotatable bonds is 2. The molecule has 1 aliphatic heterocycles. The molecule has 3 aromatic heterocycles. The molecule has 0 unspecified atom stereocenters. The highest BCUT2D eigenvalue weighted by Gasteiger charge is 2.17. The first-order valence-electron chi connectivity index (χ1n) is 6.88. The molecule has 4 heterocycles. The summed E-state index contributed by atoms with van der Waals surface area (Å²) in [7, 11) is 0. The van der Waals surface area contributed by atoms with Crippen molar-refractivity contribution in [3.05, 3.63) is 48.0 Å². The summed E-state index contributed by atoms with van der Waals surface area (Å²) in [5, 5.41) is 7.82. The van der Waals surface area contributed by atoms with Gasteiger partial charge in [0.05, 0.1) is 17.8 Å². The standard InChI is InChI=1S/C15H14N6/c1-10-19-15-12(14-17-8-9-18-14)2-3-13(21(15)20-10)11-4-6-16-7-5-11/h2-7H,8-9H2,1H3,(H,17,18). The largest absolute Gasteiger partial charge is 0.368 e. The fraction of sp³-hybridized carbons (Fsp3) is 0.200. The minimum atomic E-state index is 0.747. The topological polar surface area (TPSA) is 67.5 Å². The van der Waals surface area contributed by atoms with Crippen molar-refractivity contribution < 1.29 is 0 Å². The van der Waals surface area contributed by atoms with Gasteiger partial charge in [-0.3, -0.25) is 9.98 Å². The van der Waals surface area contributed by atoms with E-state index in [1.807, 2.05) is 29.6 Å². The minimum Gasteiger partial charge on any atom is -0.368 e. The van der Waals surface area contributed by atoms with Crippen LogP contribution in [0.2, 0.25) is 0 Å². The van der Waals surface area contributed by atoms with E-state index in [0.29, 0.717) is 0 Å². The third kappa shape index (κ3) is 1.96. The van der Waals surface area contributed by atoms with Gasteiger partial charge >= 0.3 is 0 Å². The Kier molecular flexibility index (Phi) is 2.67. The van der Waals surface area contributed by atoms with Crippen molar-refractivity contribution in [1.29, 1.82) is 0 Å². The van der Waals surface area contributed by atoms with Gasteiger partial charge in [-0.15, -0.1) is 0 Å². The van der Waals surface area contributed by atoms with Crippen molar-refractivity contribution in [3.63, 3.8) is 0 Å². The van der Waals surface area contributed by atoms with E-state index in [1.54, 1.807) is 12.4 Å². The third-order valence-corrected chi connectivity index (χ3v) is 3.50. The molecule has 0 radical (unpaired) electrons. The van der Waals surface area contributed by atoms with Gasteiger partial charge < -0.3 is 5.32 Å². The van der Waals surface area contributed by atoms with Crippen LogP contribution in [-0.2, 0) is 0 Å². The third-order valence-electron chi connectivity index (χ3n) is 3.50. The zero-order valence-electron chi connectivity index (χ0n) is 11.6. The van der Waals surface area contributed by atoms with Gasteiger partial charge in [0, 0.05) is 24.5 Å². The molecule has 1 aliphatic rings. The number of nitrogens with zero attached hydrogens (tertiary/aromatic N) is 5. The fourth-order valence-corrected chi connectivity index (χ4v) is 2.57. The van der Waals surface area contributed by atoms with Crippen LogP contribution in [0.3, 0.4) is 0 Å². The molecular weight excluding hydrogens is 264 g/mol. The molecule has 6 heteroatoms. The van der Waals surface area contributed by atoms with Gasteiger partial charge in [-0.25, -0.2) is 9.50 Å². The predicted molar refractivity (Wildman–Crippen MR) is 80.4 cm³/mol. The number of fused-ring (bicyclic) bond motifs is 1. The van der Waals surface area contributed by atoms with Crippen LogP contribution < -0.4 is 5.32 Å². The van der Waals surface area contributed by atoms with Gasteiger partial charge in [0.15, 0.2) is 5.65 Å². The second-order valence-electron chi connectivity index (χ2n) is 4.92. The molecule has 3 aromatic rings. The highest BCUT2D eigenvalue weighted by molar-refractivity contribution is 6.04. The summed E-state index contributed by atoms with van der Waals surface area (Å²) in [5.41, 5.74) is 3.88. The van der Waals surface area contributed by atoms with Crippen LogP contribution >= 0.6 is 0 Å². The first-order chi connectivity index (χ1) is 10.3. The summed E-state index contributed by atoms with van der Waals surface area (Å²) < 4.78 is 1.88. The number of nitrogens with one attached hydrogen (secondary N) is 1. The summed E-state index contributed by atoms with van der Waals surface area (Å²) in [4.78, 5) is 13.1. The lowest BCUT2D eigenvalue weighted by Gasteiger charge is -2.08. The molecule has 104 valence electrons. The van der Waals surface area contributed by atoms with E-state index in [1.165, 1.54) is 0 Å². The van der Waals surface area contributed by atoms with Crippen LogP contribution in [0, 0.1) is 6.92 Å². The van der Waals surface area contributed by atoms with Crippen LogP contribution in [0.5, 0.6) is 0 Å². The zero-order chi connectivity index (χ0) is 14.2. The van der Waals surface area contributed by atoms with E-state index in [4.69, 9.17) is 0 Å². The Morgan fingerprint density at radius 2 is 2.00 bits per heavy atom. The molecule has 0 aliphatic carbocycles. The van der Waals surface area contributed by atoms with Crippen LogP contribution in [0.4, 0.5) is 0 Å². The van der Waals surface area contributed by atoms with Gasteiger partial charge in [0.2, 0.25) is 0 Å². The minimum absolute atomic E-state index is 0.747. The van der Waals surface area contributed by atoms with E-state index in [0.717, 1.165) is 47.2 Å². The summed E-state index contributed by atoms with van der Waals surface area (Å²) >= 11 is 0. The molecule has 0 amide bonds. The lowest BCUT2D eigenvalue weighted by atomic mass is 10.1. The number of hydrogen-bond donors (Lipinski definition) is 1. The highest BCUT2D eigenvalue weighted by Crippen LogP contribution is 2.22. The molecule has 0 spiro atoms. The molecule has 0 bridgehead atoms. The average Bonchev–Trinajstić information content (AvgIpc) is 3.15. The van der Waals surface area contributed by atoms with E-state index in [9.17, 15) is 0 Å². The zero-order valence-corrected chi connectivity index (χ0v) is 11.6. The Morgan fingerprint density at radius 3 is 2.76 bits per heavy atom. The molecule has 0 aromatic carbocycles. The van der Waals surface area contributed by atoms with Crippen molar-refractivity contribution in [2.45, 2.75) is 6.92 Å². The number of pyridine rings is 2. The summed E-state index contributed by atoms with van der Waals surface area (Å²) in [6.07, 6.45) is 3.56. The first kappa shape index (κ1) is 12.0. The van der Waals surface area contributed by atoms with Crippen LogP contribution in [0.15, 0.2) is 41.7 Å². The highest BCUT2D eigenvalue weighted by atomic mass is 15.3. The second kappa shape index (κ2) is 4.66. The maximum Gasteiger partial charge on any atom is 0.167 e. The van der Waals surface area contributed by atoms with E-state index in [-0.39, 0.29) is 0 Å². The number of aromatic nitrogens is 4. The number of aliphatic imine (C=N–C) groups is 1. The molecule has 21 heavy (non-hydrogen) atoms. The van der Waals surface area contributed by atoms with Crippen molar-refractivity contribution in [2.24, 2.45) is 4.99 Å². The second-order valence-corrected chi connectivity index (χ2v) is 4.92. The van der Waals surface area contributed by atoms with Gasteiger partial charge in [0.25, 0.3) is 0 Å². The Bertz CT molecular complexity index is 834. The average molecular weight is 278 g/mol. The molecule has 0 saturated heterocycles. The van der Waals surface area contributed by atoms with Crippen molar-refractivity contribution in [1.82, 2.24) is 24.9 Å². The van der Waals surface area contributed by atoms with Crippen molar-refractivity contribution in [3.8, 4) is 11.3 Å². The van der Waals surface area contributed by atoms with Crippen molar-refractivity contribution >= 4 is 11.5 Å². The summed E-state index contributed by atoms with van der Waals surface area (Å²) in [5.74, 6) is 1.64. The van der Waals surface area contributed by atoms with Gasteiger partial charge in [0.1, 0.15) is 11.7 Å². The lowest BCUT2D eigenvalue weighted by Crippen LogP contribution is -2.20. The monoisotopic (exact) mass is 278 g/mol. The maximum atomic E-state index is 4.56. The number of hydrogen-bond acceptors (Lipinski definition) is 5. The number of aryl methyl sites for hydroxylation is 1. The molecule has 4 rings (SSSR count). The fourth-order valence-electron chi connectivity index (χ4n) is 2.57. The van der Waals surface area contributed by atoms with Crippen LogP contribution in [0.25, 0.3) is 16.9 Å². The van der Waals surface area contributed by atoms with E-state index >= 15 is 0 Å². The molecule has 1 N–H and O–H groups in total. The van der Waals surface area contributed by atoms with E-state index < -0.39 is 0 Å².